The van der Waals surface area contributed by atoms with Crippen LogP contribution >= 0.6 is 0 Å². The van der Waals surface area contributed by atoms with Crippen molar-refractivity contribution in [2.45, 2.75) is 4.90 Å². The van der Waals surface area contributed by atoms with Gasteiger partial charge in [-0.05, 0) is 42.5 Å². The van der Waals surface area contributed by atoms with E-state index in [1.165, 1.54) is 18.5 Å². The molecular formula is C19H14F2N6O2S. The van der Waals surface area contributed by atoms with Crippen LogP contribution < -0.4 is 10.0 Å². The van der Waals surface area contributed by atoms with Gasteiger partial charge in [0.25, 0.3) is 10.0 Å². The van der Waals surface area contributed by atoms with E-state index < -0.39 is 21.7 Å². The van der Waals surface area contributed by atoms with Crippen LogP contribution in [-0.4, -0.2) is 27.9 Å². The average Bonchev–Trinajstić information content (AvgIpc) is 3.26. The number of halogens is 2. The molecular weight excluding hydrogens is 414 g/mol. The third kappa shape index (κ3) is 4.25. The molecule has 152 valence electrons. The van der Waals surface area contributed by atoms with Gasteiger partial charge in [-0.15, -0.1) is 0 Å². The molecule has 4 rings (SSSR count). The Morgan fingerprint density at radius 3 is 2.37 bits per heavy atom. The first kappa shape index (κ1) is 19.5. The van der Waals surface area contributed by atoms with Gasteiger partial charge in [0.15, 0.2) is 11.6 Å². The fourth-order valence-corrected chi connectivity index (χ4v) is 3.65. The first-order chi connectivity index (χ1) is 14.4. The zero-order chi connectivity index (χ0) is 21.1. The van der Waals surface area contributed by atoms with Crippen LogP contribution in [0.5, 0.6) is 0 Å². The summed E-state index contributed by atoms with van der Waals surface area (Å²) in [7, 11) is -4.06. The molecule has 2 N–H and O–H groups in total. The number of benzene rings is 2. The van der Waals surface area contributed by atoms with E-state index in [0.29, 0.717) is 23.4 Å². The number of sulfonamides is 1. The van der Waals surface area contributed by atoms with Gasteiger partial charge in [-0.2, -0.15) is 0 Å². The van der Waals surface area contributed by atoms with Crippen LogP contribution in [0.15, 0.2) is 78.5 Å². The number of imidazole rings is 1. The molecule has 2 heterocycles. The maximum absolute atomic E-state index is 13.3. The monoisotopic (exact) mass is 428 g/mol. The Bertz CT molecular complexity index is 1280. The zero-order valence-corrected chi connectivity index (χ0v) is 16.0. The molecule has 0 aliphatic carbocycles. The minimum atomic E-state index is -4.06. The molecule has 0 aliphatic rings. The van der Waals surface area contributed by atoms with Crippen molar-refractivity contribution in [3.63, 3.8) is 0 Å². The number of rotatable bonds is 6. The molecule has 0 spiro atoms. The molecule has 2 aromatic carbocycles. The number of hydrogen-bond acceptors (Lipinski definition) is 6. The highest BCUT2D eigenvalue weighted by Gasteiger charge is 2.16. The third-order valence-corrected chi connectivity index (χ3v) is 5.41. The molecule has 0 aliphatic heterocycles. The Hall–Kier alpha value is -3.86. The maximum atomic E-state index is 13.3. The number of hydrogen-bond donors (Lipinski definition) is 2. The summed E-state index contributed by atoms with van der Waals surface area (Å²) >= 11 is 0. The van der Waals surface area contributed by atoms with Gasteiger partial charge >= 0.3 is 0 Å². The number of aromatic nitrogens is 4. The van der Waals surface area contributed by atoms with Crippen LogP contribution in [0.2, 0.25) is 0 Å². The van der Waals surface area contributed by atoms with Gasteiger partial charge in [0.05, 0.1) is 4.90 Å². The molecule has 30 heavy (non-hydrogen) atoms. The fraction of sp³-hybridized carbons (Fsp3) is 0. The molecule has 2 aromatic heterocycles. The van der Waals surface area contributed by atoms with E-state index in [1.54, 1.807) is 41.5 Å². The first-order valence-corrected chi connectivity index (χ1v) is 10.0. The van der Waals surface area contributed by atoms with Crippen LogP contribution in [-0.2, 0) is 10.0 Å². The summed E-state index contributed by atoms with van der Waals surface area (Å²) in [6.45, 7) is 0. The minimum Gasteiger partial charge on any atom is -0.340 e. The molecule has 0 amide bonds. The van der Waals surface area contributed by atoms with Crippen molar-refractivity contribution >= 4 is 27.2 Å². The Kier molecular flexibility index (Phi) is 5.11. The predicted molar refractivity (Wildman–Crippen MR) is 106 cm³/mol. The van der Waals surface area contributed by atoms with Gasteiger partial charge in [-0.25, -0.2) is 32.2 Å². The predicted octanol–water partition coefficient (Wildman–Crippen LogP) is 3.48. The summed E-state index contributed by atoms with van der Waals surface area (Å²) < 4.78 is 55.1. The van der Waals surface area contributed by atoms with Gasteiger partial charge in [0.2, 0.25) is 0 Å². The standard InChI is InChI=1S/C19H14F2N6O2S/c20-16-6-5-15(9-17(16)21)30(28,29)26-14-3-1-13(2-4-14)25-18-10-19(24-11-23-18)27-8-7-22-12-27/h1-12,26H,(H,23,24,25). The van der Waals surface area contributed by atoms with Crippen molar-refractivity contribution < 1.29 is 17.2 Å². The van der Waals surface area contributed by atoms with E-state index in [1.807, 2.05) is 0 Å². The molecule has 0 fully saturated rings. The number of nitrogens with zero attached hydrogens (tertiary/aromatic N) is 4. The van der Waals surface area contributed by atoms with Crippen LogP contribution in [0.1, 0.15) is 0 Å². The van der Waals surface area contributed by atoms with Crippen molar-refractivity contribution in [2.75, 3.05) is 10.0 Å². The van der Waals surface area contributed by atoms with Gasteiger partial charge < -0.3 is 5.32 Å². The van der Waals surface area contributed by atoms with Crippen molar-refractivity contribution in [3.05, 3.63) is 85.2 Å². The molecule has 0 saturated carbocycles. The van der Waals surface area contributed by atoms with Crippen LogP contribution in [0.25, 0.3) is 5.82 Å². The third-order valence-electron chi connectivity index (χ3n) is 4.03. The van der Waals surface area contributed by atoms with Gasteiger partial charge in [0.1, 0.15) is 24.3 Å². The molecule has 8 nitrogen and oxygen atoms in total. The molecule has 11 heteroatoms. The Morgan fingerprint density at radius 2 is 1.67 bits per heavy atom. The lowest BCUT2D eigenvalue weighted by molar-refractivity contribution is 0.504. The fourth-order valence-electron chi connectivity index (χ4n) is 2.58. The van der Waals surface area contributed by atoms with E-state index in [9.17, 15) is 17.2 Å². The minimum absolute atomic E-state index is 0.257. The lowest BCUT2D eigenvalue weighted by Crippen LogP contribution is -2.13. The lowest BCUT2D eigenvalue weighted by atomic mass is 10.3. The van der Waals surface area contributed by atoms with E-state index in [2.05, 4.69) is 25.0 Å². The van der Waals surface area contributed by atoms with Gasteiger partial charge in [-0.1, -0.05) is 0 Å². The van der Waals surface area contributed by atoms with Crippen LogP contribution in [0.4, 0.5) is 26.0 Å². The Balaban J connectivity index is 1.48. The smallest absolute Gasteiger partial charge is 0.261 e. The normalized spacial score (nSPS) is 11.3. The Morgan fingerprint density at radius 1 is 0.900 bits per heavy atom. The van der Waals surface area contributed by atoms with Crippen molar-refractivity contribution in [3.8, 4) is 5.82 Å². The summed E-state index contributed by atoms with van der Waals surface area (Å²) in [6, 6.07) is 10.4. The first-order valence-electron chi connectivity index (χ1n) is 8.56. The largest absolute Gasteiger partial charge is 0.340 e. The highest BCUT2D eigenvalue weighted by molar-refractivity contribution is 7.92. The molecule has 0 unspecified atom stereocenters. The van der Waals surface area contributed by atoms with Gasteiger partial charge in [0, 0.05) is 29.8 Å². The molecule has 4 aromatic rings. The molecule has 0 radical (unpaired) electrons. The summed E-state index contributed by atoms with van der Waals surface area (Å²) in [5, 5.41) is 3.09. The highest BCUT2D eigenvalue weighted by Crippen LogP contribution is 2.22. The molecule has 0 atom stereocenters. The average molecular weight is 428 g/mol. The van der Waals surface area contributed by atoms with E-state index in [0.717, 1.165) is 12.1 Å². The zero-order valence-electron chi connectivity index (χ0n) is 15.2. The summed E-state index contributed by atoms with van der Waals surface area (Å²) in [5.74, 6) is -1.20. The van der Waals surface area contributed by atoms with Crippen molar-refractivity contribution in [1.82, 2.24) is 19.5 Å². The van der Waals surface area contributed by atoms with Gasteiger partial charge in [-0.3, -0.25) is 9.29 Å². The SMILES string of the molecule is O=S(=O)(Nc1ccc(Nc2cc(-n3ccnc3)ncn2)cc1)c1ccc(F)c(F)c1. The summed E-state index contributed by atoms with van der Waals surface area (Å²) in [6.07, 6.45) is 6.40. The lowest BCUT2D eigenvalue weighted by Gasteiger charge is -2.10. The number of nitrogens with one attached hydrogen (secondary N) is 2. The van der Waals surface area contributed by atoms with E-state index in [4.69, 9.17) is 0 Å². The highest BCUT2D eigenvalue weighted by atomic mass is 32.2. The second kappa shape index (κ2) is 7.87. The van der Waals surface area contributed by atoms with Crippen molar-refractivity contribution in [1.29, 1.82) is 0 Å². The summed E-state index contributed by atoms with van der Waals surface area (Å²) in [5.41, 5.74) is 0.910. The summed E-state index contributed by atoms with van der Waals surface area (Å²) in [4.78, 5) is 11.9. The second-order valence-corrected chi connectivity index (χ2v) is 7.80. The van der Waals surface area contributed by atoms with Crippen molar-refractivity contribution in [2.24, 2.45) is 0 Å². The maximum Gasteiger partial charge on any atom is 0.261 e. The molecule has 0 bridgehead atoms. The second-order valence-electron chi connectivity index (χ2n) is 6.12. The van der Waals surface area contributed by atoms with E-state index >= 15 is 0 Å². The number of anilines is 3. The van der Waals surface area contributed by atoms with E-state index in [-0.39, 0.29) is 10.6 Å². The Labute approximate surface area is 170 Å². The van der Waals surface area contributed by atoms with Crippen LogP contribution in [0, 0.1) is 11.6 Å². The quantitative estimate of drug-likeness (QED) is 0.488. The van der Waals surface area contributed by atoms with Crippen LogP contribution in [0.3, 0.4) is 0 Å². The topological polar surface area (TPSA) is 102 Å². The molecule has 0 saturated heterocycles.